The van der Waals surface area contributed by atoms with Crippen LogP contribution in [0.4, 0.5) is 4.39 Å². The minimum absolute atomic E-state index is 0.0217. The molecule has 0 saturated heterocycles. The van der Waals surface area contributed by atoms with Crippen molar-refractivity contribution in [1.82, 2.24) is 40.9 Å². The molecule has 3 rings (SSSR count). The van der Waals surface area contributed by atoms with Crippen LogP contribution in [0.5, 0.6) is 5.75 Å². The summed E-state index contributed by atoms with van der Waals surface area (Å²) in [6, 6.07) is 2.99. The second-order valence-corrected chi connectivity index (χ2v) is 6.98. The lowest BCUT2D eigenvalue weighted by Gasteiger charge is -2.14. The van der Waals surface area contributed by atoms with Gasteiger partial charge in [-0.15, -0.1) is 5.10 Å². The smallest absolute Gasteiger partial charge is 0.373 e. The van der Waals surface area contributed by atoms with E-state index in [-0.39, 0.29) is 23.6 Å². The molecule has 1 amide bonds. The van der Waals surface area contributed by atoms with E-state index in [2.05, 4.69) is 42.8 Å². The number of aromatic nitrogens is 5. The third kappa shape index (κ3) is 5.96. The maximum Gasteiger partial charge on any atom is 0.373 e. The molecular formula is C22H23FN8O4. The van der Waals surface area contributed by atoms with E-state index >= 15 is 4.39 Å². The predicted octanol–water partition coefficient (Wildman–Crippen LogP) is 1.30. The third-order valence-electron chi connectivity index (χ3n) is 4.81. The zero-order chi connectivity index (χ0) is 25.4. The van der Waals surface area contributed by atoms with Crippen LogP contribution in [-0.2, 0) is 13.1 Å². The van der Waals surface area contributed by atoms with Crippen molar-refractivity contribution in [3.05, 3.63) is 78.3 Å². The normalized spacial score (nSPS) is 11.0. The number of rotatable bonds is 11. The number of ether oxygens (including phenoxy) is 1. The van der Waals surface area contributed by atoms with Gasteiger partial charge in [-0.2, -0.15) is 0 Å². The summed E-state index contributed by atoms with van der Waals surface area (Å²) in [5.74, 6) is -2.95. The fourth-order valence-corrected chi connectivity index (χ4v) is 3.05. The number of carbonyl (C=O) groups is 2. The van der Waals surface area contributed by atoms with E-state index in [1.807, 2.05) is 0 Å². The number of carboxylic acids is 1. The van der Waals surface area contributed by atoms with E-state index in [4.69, 9.17) is 9.84 Å². The number of hydrogen-bond donors (Lipinski definition) is 4. The number of halogens is 1. The Hall–Kier alpha value is -4.81. The van der Waals surface area contributed by atoms with Crippen molar-refractivity contribution >= 4 is 11.9 Å². The van der Waals surface area contributed by atoms with Gasteiger partial charge >= 0.3 is 5.97 Å². The van der Waals surface area contributed by atoms with Gasteiger partial charge in [0.25, 0.3) is 5.91 Å². The summed E-state index contributed by atoms with van der Waals surface area (Å²) in [5.41, 5.74) is 1.64. The van der Waals surface area contributed by atoms with Gasteiger partial charge in [0.1, 0.15) is 0 Å². The zero-order valence-electron chi connectivity index (χ0n) is 18.9. The number of carboxylic acid groups (broad SMARTS) is 1. The highest BCUT2D eigenvalue weighted by Gasteiger charge is 2.19. The van der Waals surface area contributed by atoms with Crippen molar-refractivity contribution in [3.8, 4) is 16.9 Å². The van der Waals surface area contributed by atoms with Gasteiger partial charge in [-0.05, 0) is 17.8 Å². The number of hydrogen-bond acceptors (Lipinski definition) is 9. The van der Waals surface area contributed by atoms with E-state index < -0.39 is 23.5 Å². The zero-order valence-corrected chi connectivity index (χ0v) is 18.9. The number of allylic oxidation sites excluding steroid dienone is 1. The summed E-state index contributed by atoms with van der Waals surface area (Å²) in [6.45, 7) is 3.67. The first-order chi connectivity index (χ1) is 16.9. The van der Waals surface area contributed by atoms with Crippen LogP contribution in [0.2, 0.25) is 0 Å². The molecule has 0 saturated carbocycles. The first-order valence-electron chi connectivity index (χ1n) is 10.2. The standard InChI is InChI=1S/C22H23FN8O4/c1-4-25-9-14(24-2)11-31-12-17(29-30-31)21(32)28-10-16-15(5-6-18(35-3)19(16)23)13-7-26-20(22(33)34)27-8-13/h4-9,12,24-25H,1,10-11H2,2-3H3,(H,28,32)(H,33,34)/b14-9-. The molecule has 13 heteroatoms. The Kier molecular flexibility index (Phi) is 8.06. The number of nitrogens with zero attached hydrogens (tertiary/aromatic N) is 5. The molecule has 3 aromatic rings. The number of likely N-dealkylation sites (N-methyl/N-ethyl adjacent to an activating group) is 1. The van der Waals surface area contributed by atoms with Gasteiger partial charge in [-0.25, -0.2) is 23.8 Å². The average molecular weight is 482 g/mol. The summed E-state index contributed by atoms with van der Waals surface area (Å²) in [6.07, 6.45) is 7.19. The SMILES string of the molecule is C=CN/C=C(/Cn1cc(C(=O)NCc2c(-c3cnc(C(=O)O)nc3)ccc(OC)c2F)nn1)NC. The lowest BCUT2D eigenvalue weighted by molar-refractivity contribution is 0.0683. The Bertz CT molecular complexity index is 1260. The van der Waals surface area contributed by atoms with Gasteiger partial charge in [-0.3, -0.25) is 4.79 Å². The topological polar surface area (TPSA) is 156 Å². The lowest BCUT2D eigenvalue weighted by Crippen LogP contribution is -2.24. The molecule has 1 aromatic carbocycles. The van der Waals surface area contributed by atoms with Gasteiger partial charge in [0.05, 0.1) is 19.9 Å². The molecule has 35 heavy (non-hydrogen) atoms. The van der Waals surface area contributed by atoms with E-state index in [0.717, 1.165) is 5.70 Å². The fraction of sp³-hybridized carbons (Fsp3) is 0.182. The van der Waals surface area contributed by atoms with Gasteiger partial charge in [0.15, 0.2) is 17.3 Å². The van der Waals surface area contributed by atoms with Crippen LogP contribution in [0.15, 0.2) is 55.4 Å². The maximum absolute atomic E-state index is 15.1. The minimum Gasteiger partial charge on any atom is -0.494 e. The average Bonchev–Trinajstić information content (AvgIpc) is 3.34. The van der Waals surface area contributed by atoms with Crippen molar-refractivity contribution in [1.29, 1.82) is 0 Å². The molecule has 12 nitrogen and oxygen atoms in total. The Morgan fingerprint density at radius 2 is 2.03 bits per heavy atom. The third-order valence-corrected chi connectivity index (χ3v) is 4.81. The van der Waals surface area contributed by atoms with Crippen LogP contribution < -0.4 is 20.7 Å². The Balaban J connectivity index is 1.80. The molecule has 0 aliphatic rings. The summed E-state index contributed by atoms with van der Waals surface area (Å²) >= 11 is 0. The van der Waals surface area contributed by atoms with Crippen LogP contribution in [-0.4, -0.2) is 56.1 Å². The highest BCUT2D eigenvalue weighted by atomic mass is 19.1. The monoisotopic (exact) mass is 482 g/mol. The van der Waals surface area contributed by atoms with Crippen LogP contribution in [0.1, 0.15) is 26.7 Å². The molecule has 0 spiro atoms. The van der Waals surface area contributed by atoms with Gasteiger partial charge in [-0.1, -0.05) is 17.9 Å². The van der Waals surface area contributed by atoms with Crippen molar-refractivity contribution in [2.45, 2.75) is 13.1 Å². The second kappa shape index (κ2) is 11.4. The van der Waals surface area contributed by atoms with E-state index in [1.165, 1.54) is 42.6 Å². The second-order valence-electron chi connectivity index (χ2n) is 6.98. The molecule has 0 fully saturated rings. The number of nitrogens with one attached hydrogen (secondary N) is 3. The van der Waals surface area contributed by atoms with Crippen molar-refractivity contribution in [3.63, 3.8) is 0 Å². The quantitative estimate of drug-likeness (QED) is 0.314. The highest BCUT2D eigenvalue weighted by Crippen LogP contribution is 2.30. The molecule has 0 bridgehead atoms. The Labute approximate surface area is 199 Å². The molecular weight excluding hydrogens is 459 g/mol. The Morgan fingerprint density at radius 3 is 2.66 bits per heavy atom. The number of methoxy groups -OCH3 is 1. The molecule has 0 aliphatic heterocycles. The Morgan fingerprint density at radius 1 is 1.29 bits per heavy atom. The van der Waals surface area contributed by atoms with Crippen molar-refractivity contribution in [2.24, 2.45) is 0 Å². The molecule has 0 aliphatic carbocycles. The van der Waals surface area contributed by atoms with Crippen LogP contribution in [0.3, 0.4) is 0 Å². The fourth-order valence-electron chi connectivity index (χ4n) is 3.05. The molecule has 2 heterocycles. The number of amides is 1. The number of carbonyl (C=O) groups excluding carboxylic acids is 1. The molecule has 182 valence electrons. The number of aromatic carboxylic acids is 1. The van der Waals surface area contributed by atoms with Crippen LogP contribution in [0, 0.1) is 5.82 Å². The largest absolute Gasteiger partial charge is 0.494 e. The van der Waals surface area contributed by atoms with E-state index in [1.54, 1.807) is 19.3 Å². The summed E-state index contributed by atoms with van der Waals surface area (Å²) in [7, 11) is 3.06. The minimum atomic E-state index is -1.28. The van der Waals surface area contributed by atoms with Crippen LogP contribution >= 0.6 is 0 Å². The van der Waals surface area contributed by atoms with Gasteiger partial charge in [0.2, 0.25) is 5.82 Å². The summed E-state index contributed by atoms with van der Waals surface area (Å²) in [4.78, 5) is 31.2. The summed E-state index contributed by atoms with van der Waals surface area (Å²) < 4.78 is 21.6. The van der Waals surface area contributed by atoms with Crippen molar-refractivity contribution < 1.29 is 23.8 Å². The first kappa shape index (κ1) is 24.8. The molecule has 0 atom stereocenters. The number of benzene rings is 1. The van der Waals surface area contributed by atoms with Gasteiger partial charge < -0.3 is 25.8 Å². The maximum atomic E-state index is 15.1. The van der Waals surface area contributed by atoms with Crippen molar-refractivity contribution in [2.75, 3.05) is 14.2 Å². The lowest BCUT2D eigenvalue weighted by atomic mass is 10.0. The van der Waals surface area contributed by atoms with E-state index in [9.17, 15) is 9.59 Å². The highest BCUT2D eigenvalue weighted by molar-refractivity contribution is 5.92. The first-order valence-corrected chi connectivity index (χ1v) is 10.2. The molecule has 0 unspecified atom stereocenters. The predicted molar refractivity (Wildman–Crippen MR) is 123 cm³/mol. The molecule has 2 aromatic heterocycles. The van der Waals surface area contributed by atoms with Gasteiger partial charge in [0, 0.05) is 49.0 Å². The molecule has 0 radical (unpaired) electrons. The van der Waals surface area contributed by atoms with E-state index in [0.29, 0.717) is 17.7 Å². The van der Waals surface area contributed by atoms with Crippen LogP contribution in [0.25, 0.3) is 11.1 Å². The summed E-state index contributed by atoms with van der Waals surface area (Å²) in [5, 5.41) is 25.2. The molecule has 4 N–H and O–H groups in total.